The number of aryl methyl sites for hydroxylation is 1. The van der Waals surface area contributed by atoms with Crippen molar-refractivity contribution in [2.45, 2.75) is 13.0 Å². The van der Waals surface area contributed by atoms with E-state index in [1.165, 1.54) is 5.56 Å². The van der Waals surface area contributed by atoms with Crippen LogP contribution in [0.15, 0.2) is 54.6 Å². The Hall–Kier alpha value is -2.37. The summed E-state index contributed by atoms with van der Waals surface area (Å²) in [4.78, 5) is 14.8. The fourth-order valence-corrected chi connectivity index (χ4v) is 2.92. The van der Waals surface area contributed by atoms with E-state index in [9.17, 15) is 4.79 Å². The molecule has 0 spiro atoms. The van der Waals surface area contributed by atoms with Crippen molar-refractivity contribution in [2.24, 2.45) is 0 Å². The van der Waals surface area contributed by atoms with Crippen molar-refractivity contribution in [3.63, 3.8) is 0 Å². The molecule has 0 radical (unpaired) electrons. The fourth-order valence-electron chi connectivity index (χ4n) is 2.92. The van der Waals surface area contributed by atoms with Crippen LogP contribution in [0.3, 0.4) is 0 Å². The lowest BCUT2D eigenvalue weighted by Gasteiger charge is -2.31. The van der Waals surface area contributed by atoms with Crippen molar-refractivity contribution in [2.75, 3.05) is 38.2 Å². The second kappa shape index (κ2) is 8.65. The molecule has 1 fully saturated rings. The van der Waals surface area contributed by atoms with Crippen molar-refractivity contribution in [1.82, 2.24) is 10.2 Å². The molecule has 1 atom stereocenters. The largest absolute Gasteiger partial charge is 0.379 e. The summed E-state index contributed by atoms with van der Waals surface area (Å²) in [6, 6.07) is 17.6. The van der Waals surface area contributed by atoms with Crippen molar-refractivity contribution in [1.29, 1.82) is 0 Å². The molecule has 1 aliphatic heterocycles. The maximum absolute atomic E-state index is 12.5. The molecule has 0 aliphatic carbocycles. The van der Waals surface area contributed by atoms with Crippen LogP contribution in [-0.2, 0) is 4.74 Å². The normalized spacial score (nSPS) is 16.2. The summed E-state index contributed by atoms with van der Waals surface area (Å²) in [6.45, 7) is 6.08. The Morgan fingerprint density at radius 1 is 1.08 bits per heavy atom. The number of nitrogens with zero attached hydrogens (tertiary/aromatic N) is 1. The standard InChI is InChI=1S/C20H25N3O2/c1-16-7-9-18(10-8-16)21-20(24)22-19(17-5-3-2-4-6-17)15-23-11-13-25-14-12-23/h2-10,19H,11-15H2,1H3,(H2,21,22,24)/t19-/m0/s1. The summed E-state index contributed by atoms with van der Waals surface area (Å²) in [7, 11) is 0. The summed E-state index contributed by atoms with van der Waals surface area (Å²) in [6.07, 6.45) is 0. The van der Waals surface area contributed by atoms with Gasteiger partial charge >= 0.3 is 6.03 Å². The predicted molar refractivity (Wildman–Crippen MR) is 99.8 cm³/mol. The topological polar surface area (TPSA) is 53.6 Å². The second-order valence-corrected chi connectivity index (χ2v) is 6.34. The number of anilines is 1. The molecular formula is C20H25N3O2. The van der Waals surface area contributed by atoms with Crippen LogP contribution in [0.5, 0.6) is 0 Å². The van der Waals surface area contributed by atoms with Gasteiger partial charge in [0, 0.05) is 25.3 Å². The van der Waals surface area contributed by atoms with Gasteiger partial charge in [-0.1, -0.05) is 48.0 Å². The molecule has 2 aromatic rings. The number of rotatable bonds is 5. The summed E-state index contributed by atoms with van der Waals surface area (Å²) >= 11 is 0. The third-order valence-electron chi connectivity index (χ3n) is 4.36. The molecule has 2 amide bonds. The zero-order chi connectivity index (χ0) is 17.5. The quantitative estimate of drug-likeness (QED) is 0.880. The molecule has 3 rings (SSSR count). The molecule has 25 heavy (non-hydrogen) atoms. The highest BCUT2D eigenvalue weighted by Gasteiger charge is 2.20. The number of amides is 2. The molecule has 1 saturated heterocycles. The highest BCUT2D eigenvalue weighted by atomic mass is 16.5. The third-order valence-corrected chi connectivity index (χ3v) is 4.36. The molecule has 2 aromatic carbocycles. The van der Waals surface area contributed by atoms with E-state index >= 15 is 0 Å². The van der Waals surface area contributed by atoms with Gasteiger partial charge in [0.25, 0.3) is 0 Å². The number of urea groups is 1. The van der Waals surface area contributed by atoms with Gasteiger partial charge in [-0.25, -0.2) is 4.79 Å². The Morgan fingerprint density at radius 3 is 2.44 bits per heavy atom. The maximum Gasteiger partial charge on any atom is 0.319 e. The minimum absolute atomic E-state index is 0.0650. The van der Waals surface area contributed by atoms with Gasteiger partial charge in [-0.2, -0.15) is 0 Å². The molecule has 2 N–H and O–H groups in total. The van der Waals surface area contributed by atoms with Gasteiger partial charge in [-0.15, -0.1) is 0 Å². The Balaban J connectivity index is 1.65. The van der Waals surface area contributed by atoms with E-state index in [-0.39, 0.29) is 12.1 Å². The van der Waals surface area contributed by atoms with Gasteiger partial charge in [0.15, 0.2) is 0 Å². The van der Waals surface area contributed by atoms with Crippen LogP contribution in [0.2, 0.25) is 0 Å². The van der Waals surface area contributed by atoms with Crippen molar-refractivity contribution in [3.05, 3.63) is 65.7 Å². The van der Waals surface area contributed by atoms with Crippen LogP contribution >= 0.6 is 0 Å². The number of ether oxygens (including phenoxy) is 1. The average molecular weight is 339 g/mol. The minimum atomic E-state index is -0.189. The molecule has 5 heteroatoms. The molecule has 0 saturated carbocycles. The first-order chi connectivity index (χ1) is 12.2. The van der Waals surface area contributed by atoms with Crippen molar-refractivity contribution < 1.29 is 9.53 Å². The number of carbonyl (C=O) groups is 1. The summed E-state index contributed by atoms with van der Waals surface area (Å²) in [5, 5.41) is 6.02. The SMILES string of the molecule is Cc1ccc(NC(=O)N[C@@H](CN2CCOCC2)c2ccccc2)cc1. The lowest BCUT2D eigenvalue weighted by molar-refractivity contribution is 0.0340. The Bertz CT molecular complexity index is 667. The zero-order valence-corrected chi connectivity index (χ0v) is 14.6. The maximum atomic E-state index is 12.5. The molecule has 0 aromatic heterocycles. The number of benzene rings is 2. The van der Waals surface area contributed by atoms with Crippen LogP contribution < -0.4 is 10.6 Å². The van der Waals surface area contributed by atoms with E-state index in [4.69, 9.17) is 4.74 Å². The van der Waals surface area contributed by atoms with Crippen molar-refractivity contribution >= 4 is 11.7 Å². The number of carbonyl (C=O) groups excluding carboxylic acids is 1. The van der Waals surface area contributed by atoms with E-state index in [0.717, 1.165) is 44.1 Å². The predicted octanol–water partition coefficient (Wildman–Crippen LogP) is 3.19. The number of morpholine rings is 1. The van der Waals surface area contributed by atoms with Gasteiger partial charge in [0.2, 0.25) is 0 Å². The highest BCUT2D eigenvalue weighted by Crippen LogP contribution is 2.16. The van der Waals surface area contributed by atoms with Gasteiger partial charge in [-0.3, -0.25) is 4.90 Å². The third kappa shape index (κ3) is 5.31. The first kappa shape index (κ1) is 17.5. The summed E-state index contributed by atoms with van der Waals surface area (Å²) in [5.74, 6) is 0. The van der Waals surface area contributed by atoms with Crippen LogP contribution in [-0.4, -0.2) is 43.8 Å². The molecule has 5 nitrogen and oxygen atoms in total. The van der Waals surface area contributed by atoms with Gasteiger partial charge < -0.3 is 15.4 Å². The number of hydrogen-bond donors (Lipinski definition) is 2. The first-order valence-electron chi connectivity index (χ1n) is 8.70. The van der Waals surface area contributed by atoms with Gasteiger partial charge in [0.05, 0.1) is 19.3 Å². The van der Waals surface area contributed by atoms with Crippen LogP contribution in [0.4, 0.5) is 10.5 Å². The van der Waals surface area contributed by atoms with Crippen molar-refractivity contribution in [3.8, 4) is 0 Å². The van der Waals surface area contributed by atoms with Crippen LogP contribution in [0, 0.1) is 6.92 Å². The molecular weight excluding hydrogens is 314 g/mol. The second-order valence-electron chi connectivity index (χ2n) is 6.34. The van der Waals surface area contributed by atoms with E-state index in [1.807, 2.05) is 49.4 Å². The number of nitrogens with one attached hydrogen (secondary N) is 2. The lowest BCUT2D eigenvalue weighted by atomic mass is 10.1. The summed E-state index contributed by atoms with van der Waals surface area (Å²) < 4.78 is 5.42. The molecule has 1 heterocycles. The Labute approximate surface area is 149 Å². The van der Waals surface area contributed by atoms with E-state index in [0.29, 0.717) is 0 Å². The monoisotopic (exact) mass is 339 g/mol. The lowest BCUT2D eigenvalue weighted by Crippen LogP contribution is -2.44. The zero-order valence-electron chi connectivity index (χ0n) is 14.6. The van der Waals surface area contributed by atoms with Crippen LogP contribution in [0.25, 0.3) is 0 Å². The Morgan fingerprint density at radius 2 is 1.76 bits per heavy atom. The smallest absolute Gasteiger partial charge is 0.319 e. The van der Waals surface area contributed by atoms with E-state index < -0.39 is 0 Å². The number of hydrogen-bond acceptors (Lipinski definition) is 3. The fraction of sp³-hybridized carbons (Fsp3) is 0.350. The molecule has 0 bridgehead atoms. The molecule has 0 unspecified atom stereocenters. The van der Waals surface area contributed by atoms with Crippen LogP contribution in [0.1, 0.15) is 17.2 Å². The highest BCUT2D eigenvalue weighted by molar-refractivity contribution is 5.89. The minimum Gasteiger partial charge on any atom is -0.379 e. The molecule has 132 valence electrons. The molecule has 1 aliphatic rings. The first-order valence-corrected chi connectivity index (χ1v) is 8.70. The summed E-state index contributed by atoms with van der Waals surface area (Å²) in [5.41, 5.74) is 3.06. The van der Waals surface area contributed by atoms with E-state index in [2.05, 4.69) is 27.7 Å². The van der Waals surface area contributed by atoms with Gasteiger partial charge in [0.1, 0.15) is 0 Å². The van der Waals surface area contributed by atoms with E-state index in [1.54, 1.807) is 0 Å². The average Bonchev–Trinajstić information content (AvgIpc) is 2.65. The van der Waals surface area contributed by atoms with Gasteiger partial charge in [-0.05, 0) is 24.6 Å². The Kier molecular flexibility index (Phi) is 6.04.